The van der Waals surface area contributed by atoms with Crippen LogP contribution in [0.1, 0.15) is 27.0 Å². The first-order valence-electron chi connectivity index (χ1n) is 9.34. The van der Waals surface area contributed by atoms with E-state index in [1.54, 1.807) is 71.3 Å². The fraction of sp³-hybridized carbons (Fsp3) is 0.0870. The molecule has 1 aliphatic rings. The van der Waals surface area contributed by atoms with Crippen molar-refractivity contribution in [3.63, 3.8) is 0 Å². The Kier molecular flexibility index (Phi) is 5.36. The molecule has 0 radical (unpaired) electrons. The van der Waals surface area contributed by atoms with Crippen molar-refractivity contribution in [1.29, 1.82) is 0 Å². The van der Waals surface area contributed by atoms with Crippen LogP contribution in [0.15, 0.2) is 67.0 Å². The summed E-state index contributed by atoms with van der Waals surface area (Å²) in [6.07, 6.45) is 5.48. The van der Waals surface area contributed by atoms with Crippen molar-refractivity contribution in [2.45, 2.75) is 6.42 Å². The fourth-order valence-corrected chi connectivity index (χ4v) is 3.59. The number of halogens is 1. The molecule has 6 nitrogen and oxygen atoms in total. The standard InChI is InChI=1S/C23H18FN3O3/c24-17-6-4-16(5-7-17)20(14-15-8-11-25-12-9-15)23(29)27-13-10-18-19(22(28)26-30)2-1-3-21(18)27/h1-9,11-12,14,30H,10,13H2,(H,26,28)/b20-14-. The van der Waals surface area contributed by atoms with E-state index >= 15 is 0 Å². The second kappa shape index (κ2) is 8.26. The normalized spacial score (nSPS) is 13.1. The van der Waals surface area contributed by atoms with Crippen LogP contribution in [0.3, 0.4) is 0 Å². The van der Waals surface area contributed by atoms with Gasteiger partial charge < -0.3 is 4.90 Å². The van der Waals surface area contributed by atoms with E-state index in [9.17, 15) is 14.0 Å². The third-order valence-corrected chi connectivity index (χ3v) is 5.02. The largest absolute Gasteiger partial charge is 0.308 e. The number of amides is 2. The van der Waals surface area contributed by atoms with Crippen molar-refractivity contribution in [2.75, 3.05) is 11.4 Å². The molecule has 0 fully saturated rings. The van der Waals surface area contributed by atoms with Gasteiger partial charge in [-0.25, -0.2) is 9.87 Å². The average molecular weight is 403 g/mol. The summed E-state index contributed by atoms with van der Waals surface area (Å²) in [5.41, 5.74) is 5.04. The van der Waals surface area contributed by atoms with Gasteiger partial charge >= 0.3 is 0 Å². The van der Waals surface area contributed by atoms with Crippen molar-refractivity contribution < 1.29 is 19.2 Å². The maximum atomic E-state index is 13.5. The van der Waals surface area contributed by atoms with E-state index in [1.807, 2.05) is 0 Å². The molecule has 2 amide bonds. The number of pyridine rings is 1. The van der Waals surface area contributed by atoms with E-state index in [0.29, 0.717) is 40.9 Å². The second-order valence-electron chi connectivity index (χ2n) is 6.80. The number of benzene rings is 2. The van der Waals surface area contributed by atoms with E-state index in [4.69, 9.17) is 5.21 Å². The lowest BCUT2D eigenvalue weighted by atomic mass is 10.0. The smallest absolute Gasteiger partial charge is 0.274 e. The highest BCUT2D eigenvalue weighted by Crippen LogP contribution is 2.33. The van der Waals surface area contributed by atoms with Gasteiger partial charge in [0.2, 0.25) is 0 Å². The zero-order valence-corrected chi connectivity index (χ0v) is 15.9. The van der Waals surface area contributed by atoms with Crippen molar-refractivity contribution in [3.8, 4) is 0 Å². The third-order valence-electron chi connectivity index (χ3n) is 5.02. The fourth-order valence-electron chi connectivity index (χ4n) is 3.59. The Morgan fingerprint density at radius 2 is 1.80 bits per heavy atom. The van der Waals surface area contributed by atoms with Crippen molar-refractivity contribution in [2.24, 2.45) is 0 Å². The van der Waals surface area contributed by atoms with Gasteiger partial charge in [-0.1, -0.05) is 18.2 Å². The summed E-state index contributed by atoms with van der Waals surface area (Å²) in [4.78, 5) is 31.1. The van der Waals surface area contributed by atoms with E-state index in [0.717, 1.165) is 5.56 Å². The van der Waals surface area contributed by atoms with Gasteiger partial charge in [0.1, 0.15) is 5.82 Å². The Morgan fingerprint density at radius 3 is 2.50 bits per heavy atom. The Bertz CT molecular complexity index is 1130. The van der Waals surface area contributed by atoms with Gasteiger partial charge in [0, 0.05) is 35.8 Å². The lowest BCUT2D eigenvalue weighted by Gasteiger charge is -2.20. The van der Waals surface area contributed by atoms with Crippen LogP contribution in [0.5, 0.6) is 0 Å². The second-order valence-corrected chi connectivity index (χ2v) is 6.80. The maximum Gasteiger partial charge on any atom is 0.274 e. The van der Waals surface area contributed by atoms with Gasteiger partial charge in [-0.05, 0) is 65.6 Å². The summed E-state index contributed by atoms with van der Waals surface area (Å²) < 4.78 is 13.4. The van der Waals surface area contributed by atoms with Gasteiger partial charge in [0.15, 0.2) is 0 Å². The molecule has 30 heavy (non-hydrogen) atoms. The molecule has 0 saturated heterocycles. The van der Waals surface area contributed by atoms with Crippen LogP contribution in [0.2, 0.25) is 0 Å². The first-order valence-corrected chi connectivity index (χ1v) is 9.34. The third kappa shape index (κ3) is 3.70. The van der Waals surface area contributed by atoms with E-state index in [1.165, 1.54) is 12.1 Å². The highest BCUT2D eigenvalue weighted by Gasteiger charge is 2.30. The molecule has 150 valence electrons. The predicted octanol–water partition coefficient (Wildman–Crippen LogP) is 3.47. The Hall–Kier alpha value is -3.84. The number of carbonyl (C=O) groups is 2. The topological polar surface area (TPSA) is 82.5 Å². The molecule has 7 heteroatoms. The molecular formula is C23H18FN3O3. The quantitative estimate of drug-likeness (QED) is 0.397. The van der Waals surface area contributed by atoms with Crippen molar-refractivity contribution in [3.05, 3.63) is 95.1 Å². The number of fused-ring (bicyclic) bond motifs is 1. The molecule has 2 heterocycles. The molecule has 1 aliphatic heterocycles. The minimum Gasteiger partial charge on any atom is -0.308 e. The van der Waals surface area contributed by atoms with Crippen LogP contribution in [0.25, 0.3) is 11.6 Å². The number of hydrogen-bond donors (Lipinski definition) is 2. The zero-order chi connectivity index (χ0) is 21.1. The monoisotopic (exact) mass is 403 g/mol. The molecule has 1 aromatic heterocycles. The first kappa shape index (κ1) is 19.5. The first-order chi connectivity index (χ1) is 14.6. The summed E-state index contributed by atoms with van der Waals surface area (Å²) in [6, 6.07) is 14.3. The number of hydroxylamine groups is 1. The molecule has 3 aromatic rings. The van der Waals surface area contributed by atoms with Gasteiger partial charge in [-0.15, -0.1) is 0 Å². The number of carbonyl (C=O) groups excluding carboxylic acids is 2. The molecule has 4 rings (SSSR count). The number of aromatic nitrogens is 1. The summed E-state index contributed by atoms with van der Waals surface area (Å²) in [5, 5.41) is 8.99. The molecule has 0 atom stereocenters. The minimum atomic E-state index is -0.618. The summed E-state index contributed by atoms with van der Waals surface area (Å²) in [7, 11) is 0. The van der Waals surface area contributed by atoms with Crippen LogP contribution in [0.4, 0.5) is 10.1 Å². The molecule has 2 N–H and O–H groups in total. The number of hydrogen-bond acceptors (Lipinski definition) is 4. The lowest BCUT2D eigenvalue weighted by molar-refractivity contribution is -0.113. The van der Waals surface area contributed by atoms with Crippen LogP contribution in [0, 0.1) is 5.82 Å². The number of nitrogens with zero attached hydrogens (tertiary/aromatic N) is 2. The predicted molar refractivity (Wildman–Crippen MR) is 110 cm³/mol. The summed E-state index contributed by atoms with van der Waals surface area (Å²) in [5.74, 6) is -1.27. The molecule has 0 spiro atoms. The number of nitrogens with one attached hydrogen (secondary N) is 1. The highest BCUT2D eigenvalue weighted by atomic mass is 19.1. The highest BCUT2D eigenvalue weighted by molar-refractivity contribution is 6.30. The summed E-state index contributed by atoms with van der Waals surface area (Å²) >= 11 is 0. The molecule has 2 aromatic carbocycles. The van der Waals surface area contributed by atoms with E-state index in [2.05, 4.69) is 4.98 Å². The summed E-state index contributed by atoms with van der Waals surface area (Å²) in [6.45, 7) is 0.388. The molecular weight excluding hydrogens is 385 g/mol. The molecule has 0 bridgehead atoms. The Labute approximate surface area is 172 Å². The van der Waals surface area contributed by atoms with E-state index in [-0.39, 0.29) is 11.7 Å². The Morgan fingerprint density at radius 1 is 1.07 bits per heavy atom. The van der Waals surface area contributed by atoms with Crippen LogP contribution < -0.4 is 10.4 Å². The van der Waals surface area contributed by atoms with Crippen LogP contribution in [-0.2, 0) is 11.2 Å². The van der Waals surface area contributed by atoms with Crippen LogP contribution in [-0.4, -0.2) is 28.6 Å². The zero-order valence-electron chi connectivity index (χ0n) is 15.9. The van der Waals surface area contributed by atoms with Crippen molar-refractivity contribution >= 4 is 29.2 Å². The molecule has 0 unspecified atom stereocenters. The lowest BCUT2D eigenvalue weighted by Crippen LogP contribution is -2.29. The number of anilines is 1. The van der Waals surface area contributed by atoms with Gasteiger partial charge in [-0.2, -0.15) is 0 Å². The van der Waals surface area contributed by atoms with E-state index < -0.39 is 5.91 Å². The van der Waals surface area contributed by atoms with Crippen LogP contribution >= 0.6 is 0 Å². The maximum absolute atomic E-state index is 13.5. The van der Waals surface area contributed by atoms with Crippen molar-refractivity contribution in [1.82, 2.24) is 10.5 Å². The van der Waals surface area contributed by atoms with Gasteiger partial charge in [-0.3, -0.25) is 19.8 Å². The average Bonchev–Trinajstić information content (AvgIpc) is 3.22. The van der Waals surface area contributed by atoms with Gasteiger partial charge in [0.25, 0.3) is 11.8 Å². The Balaban J connectivity index is 1.77. The van der Waals surface area contributed by atoms with Gasteiger partial charge in [0.05, 0.1) is 0 Å². The molecule has 0 aliphatic carbocycles. The molecule has 0 saturated carbocycles. The minimum absolute atomic E-state index is 0.265. The SMILES string of the molecule is O=C(NO)c1cccc2c1CCN2C(=O)/C(=C\c1ccncc1)c1ccc(F)cc1. The number of rotatable bonds is 4.